The molecule has 6 heteroatoms. The third kappa shape index (κ3) is 4.35. The Balaban J connectivity index is 2.78. The molecular weight excluding hydrogens is 256 g/mol. The van der Waals surface area contributed by atoms with Gasteiger partial charge >= 0.3 is 5.97 Å². The quantitative estimate of drug-likeness (QED) is 0.858. The number of carboxylic acid groups (broad SMARTS) is 1. The molecule has 0 saturated carbocycles. The molecule has 0 atom stereocenters. The molecule has 18 heavy (non-hydrogen) atoms. The van der Waals surface area contributed by atoms with Gasteiger partial charge in [0.25, 0.3) is 0 Å². The van der Waals surface area contributed by atoms with Crippen LogP contribution in [0.25, 0.3) is 0 Å². The Labute approximate surface area is 110 Å². The van der Waals surface area contributed by atoms with Gasteiger partial charge in [-0.3, -0.25) is 4.79 Å². The Morgan fingerprint density at radius 3 is 2.61 bits per heavy atom. The van der Waals surface area contributed by atoms with Gasteiger partial charge in [-0.2, -0.15) is 0 Å². The first-order chi connectivity index (χ1) is 8.40. The van der Waals surface area contributed by atoms with E-state index in [9.17, 15) is 9.59 Å². The Hall–Kier alpha value is -1.59. The number of aromatic carboxylic acids is 1. The van der Waals surface area contributed by atoms with Gasteiger partial charge < -0.3 is 15.3 Å². The monoisotopic (exact) mass is 270 g/mol. The average molecular weight is 271 g/mol. The number of nitrogens with one attached hydrogen (secondary N) is 1. The van der Waals surface area contributed by atoms with E-state index in [0.717, 1.165) is 0 Å². The minimum Gasteiger partial charge on any atom is -0.478 e. The van der Waals surface area contributed by atoms with Crippen LogP contribution in [0.1, 0.15) is 16.8 Å². The van der Waals surface area contributed by atoms with Crippen molar-refractivity contribution < 1.29 is 14.7 Å². The number of hydrogen-bond donors (Lipinski definition) is 2. The fraction of sp³-hybridized carbons (Fsp3) is 0.333. The van der Waals surface area contributed by atoms with E-state index in [0.29, 0.717) is 18.0 Å². The normalized spacial score (nSPS) is 10.4. The number of carboxylic acids is 1. The zero-order valence-electron chi connectivity index (χ0n) is 10.2. The van der Waals surface area contributed by atoms with Crippen molar-refractivity contribution in [3.8, 4) is 0 Å². The number of amides is 1. The second kappa shape index (κ2) is 6.37. The molecule has 0 aromatic heterocycles. The summed E-state index contributed by atoms with van der Waals surface area (Å²) in [5.41, 5.74) is 0.247. The van der Waals surface area contributed by atoms with E-state index in [1.165, 1.54) is 18.2 Å². The predicted molar refractivity (Wildman–Crippen MR) is 70.2 cm³/mol. The molecule has 2 N–H and O–H groups in total. The molecule has 0 unspecified atom stereocenters. The molecular formula is C12H15ClN2O3. The molecule has 0 saturated heterocycles. The van der Waals surface area contributed by atoms with E-state index in [1.54, 1.807) is 0 Å². The van der Waals surface area contributed by atoms with Gasteiger partial charge in [0.1, 0.15) is 0 Å². The highest BCUT2D eigenvalue weighted by Crippen LogP contribution is 2.20. The van der Waals surface area contributed by atoms with Crippen molar-refractivity contribution >= 4 is 29.2 Å². The second-order valence-electron chi connectivity index (χ2n) is 4.10. The van der Waals surface area contributed by atoms with E-state index in [-0.39, 0.29) is 17.2 Å². The summed E-state index contributed by atoms with van der Waals surface area (Å²) >= 11 is 5.72. The molecule has 0 radical (unpaired) electrons. The van der Waals surface area contributed by atoms with Gasteiger partial charge in [0, 0.05) is 18.0 Å². The summed E-state index contributed by atoms with van der Waals surface area (Å²) in [7, 11) is 3.72. The zero-order valence-corrected chi connectivity index (χ0v) is 11.0. The van der Waals surface area contributed by atoms with Crippen LogP contribution in [0.3, 0.4) is 0 Å². The lowest BCUT2D eigenvalue weighted by Gasteiger charge is -2.11. The summed E-state index contributed by atoms with van der Waals surface area (Å²) in [4.78, 5) is 24.5. The number of halogens is 1. The first kappa shape index (κ1) is 14.5. The smallest absolute Gasteiger partial charge is 0.337 e. The summed E-state index contributed by atoms with van der Waals surface area (Å²) in [6.07, 6.45) is 0.300. The van der Waals surface area contributed by atoms with Crippen LogP contribution >= 0.6 is 11.6 Å². The first-order valence-corrected chi connectivity index (χ1v) is 5.75. The van der Waals surface area contributed by atoms with Crippen molar-refractivity contribution in [1.29, 1.82) is 0 Å². The Kier molecular flexibility index (Phi) is 5.12. The molecule has 0 aliphatic heterocycles. The van der Waals surface area contributed by atoms with E-state index in [1.807, 2.05) is 19.0 Å². The van der Waals surface area contributed by atoms with Crippen LogP contribution in [0.4, 0.5) is 5.69 Å². The molecule has 0 aliphatic carbocycles. The van der Waals surface area contributed by atoms with Gasteiger partial charge in [-0.15, -0.1) is 0 Å². The highest BCUT2D eigenvalue weighted by molar-refractivity contribution is 6.31. The number of benzene rings is 1. The largest absolute Gasteiger partial charge is 0.478 e. The Morgan fingerprint density at radius 1 is 1.39 bits per heavy atom. The van der Waals surface area contributed by atoms with Gasteiger partial charge in [-0.1, -0.05) is 11.6 Å². The molecule has 1 rings (SSSR count). The van der Waals surface area contributed by atoms with Crippen LogP contribution in [0.15, 0.2) is 18.2 Å². The minimum atomic E-state index is -1.12. The number of nitrogens with zero attached hydrogens (tertiary/aromatic N) is 1. The van der Waals surface area contributed by atoms with Crippen LogP contribution in [-0.2, 0) is 4.79 Å². The molecule has 0 bridgehead atoms. The average Bonchev–Trinajstić information content (AvgIpc) is 2.28. The lowest BCUT2D eigenvalue weighted by atomic mass is 10.1. The van der Waals surface area contributed by atoms with Gasteiger partial charge in [0.05, 0.1) is 11.3 Å². The Morgan fingerprint density at radius 2 is 2.06 bits per heavy atom. The predicted octanol–water partition coefficient (Wildman–Crippen LogP) is 1.93. The number of carbonyl (C=O) groups excluding carboxylic acids is 1. The standard InChI is InChI=1S/C12H15ClN2O3/c1-15(2)6-5-11(16)14-10-4-3-8(13)7-9(10)12(17)18/h3-4,7H,5-6H2,1-2H3,(H,14,16)(H,17,18). The van der Waals surface area contributed by atoms with E-state index in [4.69, 9.17) is 16.7 Å². The lowest BCUT2D eigenvalue weighted by molar-refractivity contribution is -0.116. The van der Waals surface area contributed by atoms with Crippen molar-refractivity contribution in [2.45, 2.75) is 6.42 Å². The van der Waals surface area contributed by atoms with Gasteiger partial charge in [0.15, 0.2) is 0 Å². The van der Waals surface area contributed by atoms with E-state index in [2.05, 4.69) is 5.32 Å². The van der Waals surface area contributed by atoms with Crippen LogP contribution in [0.5, 0.6) is 0 Å². The number of rotatable bonds is 5. The summed E-state index contributed by atoms with van der Waals surface area (Å²) in [5, 5.41) is 11.9. The fourth-order valence-electron chi connectivity index (χ4n) is 1.34. The molecule has 1 aromatic rings. The molecule has 1 amide bonds. The van der Waals surface area contributed by atoms with Crippen LogP contribution < -0.4 is 5.32 Å². The van der Waals surface area contributed by atoms with Crippen LogP contribution in [0.2, 0.25) is 5.02 Å². The van der Waals surface area contributed by atoms with Gasteiger partial charge in [0.2, 0.25) is 5.91 Å². The summed E-state index contributed by atoms with van der Waals surface area (Å²) in [6.45, 7) is 0.599. The fourth-order valence-corrected chi connectivity index (χ4v) is 1.51. The molecule has 1 aromatic carbocycles. The maximum absolute atomic E-state index is 11.6. The first-order valence-electron chi connectivity index (χ1n) is 5.37. The summed E-state index contributed by atoms with van der Waals surface area (Å²) in [6, 6.07) is 4.33. The molecule has 0 heterocycles. The topological polar surface area (TPSA) is 69.6 Å². The Bertz CT molecular complexity index is 461. The van der Waals surface area contributed by atoms with Crippen LogP contribution in [-0.4, -0.2) is 42.5 Å². The molecule has 0 aliphatic rings. The number of hydrogen-bond acceptors (Lipinski definition) is 3. The SMILES string of the molecule is CN(C)CCC(=O)Nc1ccc(Cl)cc1C(=O)O. The maximum atomic E-state index is 11.6. The highest BCUT2D eigenvalue weighted by atomic mass is 35.5. The second-order valence-corrected chi connectivity index (χ2v) is 4.53. The minimum absolute atomic E-state index is 0.0132. The van der Waals surface area contributed by atoms with E-state index < -0.39 is 5.97 Å². The molecule has 0 fully saturated rings. The third-order valence-electron chi connectivity index (χ3n) is 2.27. The van der Waals surface area contributed by atoms with Gasteiger partial charge in [-0.05, 0) is 32.3 Å². The number of anilines is 1. The molecule has 5 nitrogen and oxygen atoms in total. The van der Waals surface area contributed by atoms with Crippen molar-refractivity contribution in [2.75, 3.05) is 26.0 Å². The number of carbonyl (C=O) groups is 2. The van der Waals surface area contributed by atoms with Gasteiger partial charge in [-0.25, -0.2) is 4.79 Å². The summed E-state index contributed by atoms with van der Waals surface area (Å²) < 4.78 is 0. The van der Waals surface area contributed by atoms with E-state index >= 15 is 0 Å². The summed E-state index contributed by atoms with van der Waals surface area (Å²) in [5.74, 6) is -1.35. The molecule has 98 valence electrons. The lowest BCUT2D eigenvalue weighted by Crippen LogP contribution is -2.21. The highest BCUT2D eigenvalue weighted by Gasteiger charge is 2.13. The third-order valence-corrected chi connectivity index (χ3v) is 2.51. The van der Waals surface area contributed by atoms with Crippen LogP contribution in [0, 0.1) is 0 Å². The zero-order chi connectivity index (χ0) is 13.7. The molecule has 0 spiro atoms. The van der Waals surface area contributed by atoms with Crippen molar-refractivity contribution in [3.05, 3.63) is 28.8 Å². The van der Waals surface area contributed by atoms with Crippen molar-refractivity contribution in [1.82, 2.24) is 4.90 Å². The van der Waals surface area contributed by atoms with Crippen molar-refractivity contribution in [3.63, 3.8) is 0 Å². The maximum Gasteiger partial charge on any atom is 0.337 e. The van der Waals surface area contributed by atoms with Crippen molar-refractivity contribution in [2.24, 2.45) is 0 Å².